The smallest absolute Gasteiger partial charge is 0.0762 e. The zero-order valence-electron chi connectivity index (χ0n) is 8.83. The minimum Gasteiger partial charge on any atom is -0.309 e. The van der Waals surface area contributed by atoms with Gasteiger partial charge >= 0.3 is 0 Å². The molecule has 1 rings (SSSR count). The number of aryl methyl sites for hydroxylation is 1. The fraction of sp³-hybridized carbons (Fsp3) is 0.700. The van der Waals surface area contributed by atoms with Crippen LogP contribution in [-0.2, 0) is 13.6 Å². The van der Waals surface area contributed by atoms with E-state index in [9.17, 15) is 0 Å². The van der Waals surface area contributed by atoms with Gasteiger partial charge in [0.1, 0.15) is 0 Å². The molecule has 0 spiro atoms. The average Bonchev–Trinajstić information content (AvgIpc) is 2.58. The van der Waals surface area contributed by atoms with Gasteiger partial charge in [-0.1, -0.05) is 0 Å². The predicted molar refractivity (Wildman–Crippen MR) is 59.5 cm³/mol. The highest BCUT2D eigenvalue weighted by Gasteiger charge is 2.02. The molecule has 0 fully saturated rings. The average molecular weight is 216 g/mol. The van der Waals surface area contributed by atoms with Crippen molar-refractivity contribution in [2.75, 3.05) is 5.88 Å². The van der Waals surface area contributed by atoms with Crippen molar-refractivity contribution >= 4 is 11.6 Å². The number of aromatic nitrogens is 2. The summed E-state index contributed by atoms with van der Waals surface area (Å²) in [5.74, 6) is 0.746. The fourth-order valence-corrected chi connectivity index (χ4v) is 1.48. The molecule has 0 radical (unpaired) electrons. The highest BCUT2D eigenvalue weighted by Crippen LogP contribution is 2.00. The molecule has 0 saturated carbocycles. The van der Waals surface area contributed by atoms with Crippen LogP contribution in [0.2, 0.25) is 0 Å². The number of nitrogens with zero attached hydrogens (tertiary/aromatic N) is 2. The van der Waals surface area contributed by atoms with E-state index < -0.39 is 0 Å². The minimum atomic E-state index is 0.510. The van der Waals surface area contributed by atoms with Gasteiger partial charge in [-0.3, -0.25) is 4.68 Å². The fourth-order valence-electron chi connectivity index (χ4n) is 1.32. The summed E-state index contributed by atoms with van der Waals surface area (Å²) in [6.45, 7) is 3.01. The van der Waals surface area contributed by atoms with Crippen LogP contribution in [0.1, 0.15) is 25.5 Å². The van der Waals surface area contributed by atoms with Gasteiger partial charge in [-0.2, -0.15) is 5.10 Å². The molecule has 0 bridgehead atoms. The highest BCUT2D eigenvalue weighted by atomic mass is 35.5. The second kappa shape index (κ2) is 6.04. The third kappa shape index (κ3) is 4.11. The van der Waals surface area contributed by atoms with Gasteiger partial charge in [0, 0.05) is 31.7 Å². The highest BCUT2D eigenvalue weighted by molar-refractivity contribution is 6.17. The predicted octanol–water partition coefficient (Wildman–Crippen LogP) is 1.92. The summed E-state index contributed by atoms with van der Waals surface area (Å²) in [6, 6.07) is 2.54. The molecule has 0 aliphatic carbocycles. The first-order valence-electron chi connectivity index (χ1n) is 5.00. The molecule has 1 N–H and O–H groups in total. The van der Waals surface area contributed by atoms with E-state index >= 15 is 0 Å². The van der Waals surface area contributed by atoms with Crippen molar-refractivity contribution in [3.63, 3.8) is 0 Å². The zero-order valence-corrected chi connectivity index (χ0v) is 9.59. The topological polar surface area (TPSA) is 29.9 Å². The summed E-state index contributed by atoms with van der Waals surface area (Å²) in [6.07, 6.45) is 4.15. The molecule has 3 nitrogen and oxygen atoms in total. The maximum absolute atomic E-state index is 5.62. The molecule has 80 valence electrons. The standard InChI is InChI=1S/C10H18ClN3/c1-9(4-3-6-11)12-8-10-5-7-14(2)13-10/h5,7,9,12H,3-4,6,8H2,1-2H3. The van der Waals surface area contributed by atoms with Crippen molar-refractivity contribution < 1.29 is 0 Å². The summed E-state index contributed by atoms with van der Waals surface area (Å²) < 4.78 is 1.82. The van der Waals surface area contributed by atoms with E-state index in [0.717, 1.165) is 31.0 Å². The molecule has 0 aliphatic heterocycles. The van der Waals surface area contributed by atoms with E-state index in [2.05, 4.69) is 17.3 Å². The van der Waals surface area contributed by atoms with Gasteiger partial charge < -0.3 is 5.32 Å². The van der Waals surface area contributed by atoms with Crippen molar-refractivity contribution in [1.82, 2.24) is 15.1 Å². The Morgan fingerprint density at radius 1 is 1.64 bits per heavy atom. The van der Waals surface area contributed by atoms with Crippen LogP contribution >= 0.6 is 11.6 Å². The molecule has 0 amide bonds. The van der Waals surface area contributed by atoms with Gasteiger partial charge in [-0.15, -0.1) is 11.6 Å². The minimum absolute atomic E-state index is 0.510. The summed E-state index contributed by atoms with van der Waals surface area (Å²) in [7, 11) is 1.93. The Balaban J connectivity index is 2.20. The largest absolute Gasteiger partial charge is 0.309 e. The molecule has 1 unspecified atom stereocenters. The third-order valence-corrected chi connectivity index (χ3v) is 2.44. The molecular formula is C10H18ClN3. The third-order valence-electron chi connectivity index (χ3n) is 2.17. The van der Waals surface area contributed by atoms with Gasteiger partial charge in [0.15, 0.2) is 0 Å². The quantitative estimate of drug-likeness (QED) is 0.735. The maximum Gasteiger partial charge on any atom is 0.0762 e. The Kier molecular flexibility index (Phi) is 4.98. The number of rotatable bonds is 6. The Hall–Kier alpha value is -0.540. The molecule has 4 heteroatoms. The lowest BCUT2D eigenvalue weighted by molar-refractivity contribution is 0.503. The Morgan fingerprint density at radius 2 is 2.43 bits per heavy atom. The van der Waals surface area contributed by atoms with E-state index in [4.69, 9.17) is 11.6 Å². The van der Waals surface area contributed by atoms with Crippen LogP contribution in [0.4, 0.5) is 0 Å². The molecule has 0 aromatic carbocycles. The van der Waals surface area contributed by atoms with Crippen molar-refractivity contribution in [3.05, 3.63) is 18.0 Å². The summed E-state index contributed by atoms with van der Waals surface area (Å²) in [5.41, 5.74) is 1.09. The van der Waals surface area contributed by atoms with Crippen molar-refractivity contribution in [1.29, 1.82) is 0 Å². The van der Waals surface area contributed by atoms with Gasteiger partial charge in [0.05, 0.1) is 5.69 Å². The van der Waals surface area contributed by atoms with Crippen LogP contribution in [0.3, 0.4) is 0 Å². The van der Waals surface area contributed by atoms with Crippen molar-refractivity contribution in [3.8, 4) is 0 Å². The van der Waals surface area contributed by atoms with Crippen LogP contribution in [-0.4, -0.2) is 21.7 Å². The van der Waals surface area contributed by atoms with Crippen LogP contribution in [0.25, 0.3) is 0 Å². The molecule has 0 aliphatic rings. The molecule has 1 aromatic heterocycles. The van der Waals surface area contributed by atoms with Crippen LogP contribution in [0, 0.1) is 0 Å². The molecular weight excluding hydrogens is 198 g/mol. The lowest BCUT2D eigenvalue weighted by Crippen LogP contribution is -2.25. The van der Waals surface area contributed by atoms with E-state index in [1.165, 1.54) is 0 Å². The molecule has 0 saturated heterocycles. The first-order chi connectivity index (χ1) is 6.72. The summed E-state index contributed by atoms with van der Waals surface area (Å²) in [4.78, 5) is 0. The second-order valence-electron chi connectivity index (χ2n) is 3.59. The Bertz CT molecular complexity index is 260. The van der Waals surface area contributed by atoms with E-state index in [1.54, 1.807) is 0 Å². The number of nitrogens with one attached hydrogen (secondary N) is 1. The number of hydrogen-bond donors (Lipinski definition) is 1. The van der Waals surface area contributed by atoms with Crippen LogP contribution < -0.4 is 5.32 Å². The maximum atomic E-state index is 5.62. The second-order valence-corrected chi connectivity index (χ2v) is 3.97. The van der Waals surface area contributed by atoms with Crippen LogP contribution in [0.5, 0.6) is 0 Å². The zero-order chi connectivity index (χ0) is 10.4. The van der Waals surface area contributed by atoms with Crippen molar-refractivity contribution in [2.45, 2.75) is 32.4 Å². The monoisotopic (exact) mass is 215 g/mol. The van der Waals surface area contributed by atoms with Crippen molar-refractivity contribution in [2.24, 2.45) is 7.05 Å². The number of halogens is 1. The van der Waals surface area contributed by atoms with E-state index in [1.807, 2.05) is 24.0 Å². The van der Waals surface area contributed by atoms with Gasteiger partial charge in [-0.25, -0.2) is 0 Å². The number of hydrogen-bond acceptors (Lipinski definition) is 2. The van der Waals surface area contributed by atoms with Gasteiger partial charge in [0.2, 0.25) is 0 Å². The first-order valence-corrected chi connectivity index (χ1v) is 5.53. The number of alkyl halides is 1. The SMILES string of the molecule is CC(CCCCl)NCc1ccn(C)n1. The molecule has 1 atom stereocenters. The lowest BCUT2D eigenvalue weighted by Gasteiger charge is -2.11. The first kappa shape index (κ1) is 11.5. The lowest BCUT2D eigenvalue weighted by atomic mass is 10.2. The van der Waals surface area contributed by atoms with E-state index in [0.29, 0.717) is 6.04 Å². The van der Waals surface area contributed by atoms with Gasteiger partial charge in [-0.05, 0) is 25.8 Å². The van der Waals surface area contributed by atoms with Crippen LogP contribution in [0.15, 0.2) is 12.3 Å². The molecule has 14 heavy (non-hydrogen) atoms. The Labute approximate surface area is 90.4 Å². The summed E-state index contributed by atoms with van der Waals surface area (Å²) >= 11 is 5.62. The molecule has 1 heterocycles. The van der Waals surface area contributed by atoms with Gasteiger partial charge in [0.25, 0.3) is 0 Å². The van der Waals surface area contributed by atoms with E-state index in [-0.39, 0.29) is 0 Å². The summed E-state index contributed by atoms with van der Waals surface area (Å²) in [5, 5.41) is 7.70. The molecule has 1 aromatic rings. The Morgan fingerprint density at radius 3 is 3.00 bits per heavy atom. The normalized spacial score (nSPS) is 13.1.